The summed E-state index contributed by atoms with van der Waals surface area (Å²) in [6.07, 6.45) is 4.01. The summed E-state index contributed by atoms with van der Waals surface area (Å²) in [7, 11) is 3.97. The number of carbonyl (C=O) groups excluding carboxylic acids is 1. The van der Waals surface area contributed by atoms with Gasteiger partial charge in [-0.15, -0.1) is 0 Å². The minimum absolute atomic E-state index is 0.0590. The Morgan fingerprint density at radius 3 is 2.62 bits per heavy atom. The fourth-order valence-electron chi connectivity index (χ4n) is 2.73. The van der Waals surface area contributed by atoms with Gasteiger partial charge in [0.05, 0.1) is 12.3 Å². The summed E-state index contributed by atoms with van der Waals surface area (Å²) in [4.78, 5) is 14.1. The number of nitrogens with zero attached hydrogens (tertiary/aromatic N) is 1. The van der Waals surface area contributed by atoms with Gasteiger partial charge < -0.3 is 9.73 Å². The standard InChI is InChI=1S/C20H28N2O2/c1-15-10-11-17(13-16(15)2)7-5-9-20(23)21-14-18(22(3)4)19-8-6-12-24-19/h6,8,10-13,18H,5,7,9,14H2,1-4H3,(H,21,23). The summed E-state index contributed by atoms with van der Waals surface area (Å²) < 4.78 is 5.46. The molecule has 0 spiro atoms. The number of rotatable bonds is 8. The highest BCUT2D eigenvalue weighted by Gasteiger charge is 2.17. The van der Waals surface area contributed by atoms with Crippen molar-refractivity contribution in [1.82, 2.24) is 10.2 Å². The summed E-state index contributed by atoms with van der Waals surface area (Å²) in [5.41, 5.74) is 3.92. The van der Waals surface area contributed by atoms with Crippen LogP contribution in [0.1, 0.15) is 41.3 Å². The molecule has 1 unspecified atom stereocenters. The summed E-state index contributed by atoms with van der Waals surface area (Å²) >= 11 is 0. The number of aryl methyl sites for hydroxylation is 3. The van der Waals surface area contributed by atoms with Gasteiger partial charge in [0.2, 0.25) is 5.91 Å². The van der Waals surface area contributed by atoms with E-state index >= 15 is 0 Å². The van der Waals surface area contributed by atoms with Crippen LogP contribution in [-0.2, 0) is 11.2 Å². The van der Waals surface area contributed by atoms with Gasteiger partial charge in [-0.2, -0.15) is 0 Å². The summed E-state index contributed by atoms with van der Waals surface area (Å²) in [6.45, 7) is 4.80. The van der Waals surface area contributed by atoms with Crippen molar-refractivity contribution in [1.29, 1.82) is 0 Å². The van der Waals surface area contributed by atoms with E-state index in [9.17, 15) is 4.79 Å². The molecule has 1 aromatic heterocycles. The molecule has 0 aliphatic heterocycles. The van der Waals surface area contributed by atoms with Gasteiger partial charge in [-0.3, -0.25) is 9.69 Å². The number of nitrogens with one attached hydrogen (secondary N) is 1. The van der Waals surface area contributed by atoms with Crippen molar-refractivity contribution in [2.75, 3.05) is 20.6 Å². The van der Waals surface area contributed by atoms with E-state index in [-0.39, 0.29) is 11.9 Å². The molecule has 0 fully saturated rings. The van der Waals surface area contributed by atoms with Gasteiger partial charge in [-0.25, -0.2) is 0 Å². The molecular weight excluding hydrogens is 300 g/mol. The lowest BCUT2D eigenvalue weighted by atomic mass is 10.0. The predicted octanol–water partition coefficient (Wildman–Crippen LogP) is 3.64. The maximum atomic E-state index is 12.1. The van der Waals surface area contributed by atoms with Crippen molar-refractivity contribution < 1.29 is 9.21 Å². The van der Waals surface area contributed by atoms with Crippen LogP contribution in [0, 0.1) is 13.8 Å². The molecule has 0 bridgehead atoms. The molecule has 130 valence electrons. The van der Waals surface area contributed by atoms with Crippen LogP contribution in [-0.4, -0.2) is 31.4 Å². The molecular formula is C20H28N2O2. The monoisotopic (exact) mass is 328 g/mol. The smallest absolute Gasteiger partial charge is 0.220 e. The number of hydrogen-bond donors (Lipinski definition) is 1. The first-order chi connectivity index (χ1) is 11.5. The van der Waals surface area contributed by atoms with Gasteiger partial charge in [0.15, 0.2) is 0 Å². The summed E-state index contributed by atoms with van der Waals surface area (Å²) in [5.74, 6) is 0.965. The van der Waals surface area contributed by atoms with E-state index in [1.165, 1.54) is 16.7 Å². The van der Waals surface area contributed by atoms with Crippen LogP contribution in [0.25, 0.3) is 0 Å². The van der Waals surface area contributed by atoms with Crippen LogP contribution in [0.3, 0.4) is 0 Å². The van der Waals surface area contributed by atoms with Crippen LogP contribution >= 0.6 is 0 Å². The third kappa shape index (κ3) is 5.24. The molecule has 4 nitrogen and oxygen atoms in total. The zero-order valence-corrected chi connectivity index (χ0v) is 15.1. The maximum absolute atomic E-state index is 12.1. The third-order valence-electron chi connectivity index (χ3n) is 4.43. The highest BCUT2D eigenvalue weighted by atomic mass is 16.3. The molecule has 1 aromatic carbocycles. The molecule has 2 rings (SSSR count). The van der Waals surface area contributed by atoms with E-state index in [1.54, 1.807) is 6.26 Å². The first-order valence-electron chi connectivity index (χ1n) is 8.50. The van der Waals surface area contributed by atoms with Gasteiger partial charge in [-0.05, 0) is 69.6 Å². The second-order valence-electron chi connectivity index (χ2n) is 6.57. The molecule has 1 N–H and O–H groups in total. The van der Waals surface area contributed by atoms with E-state index in [1.807, 2.05) is 31.1 Å². The van der Waals surface area contributed by atoms with Gasteiger partial charge in [0.1, 0.15) is 5.76 Å². The second kappa shape index (κ2) is 8.69. The number of carbonyl (C=O) groups is 1. The first kappa shape index (κ1) is 18.3. The number of hydrogen-bond acceptors (Lipinski definition) is 3. The van der Waals surface area contributed by atoms with Crippen LogP contribution in [0.2, 0.25) is 0 Å². The second-order valence-corrected chi connectivity index (χ2v) is 6.57. The lowest BCUT2D eigenvalue weighted by molar-refractivity contribution is -0.121. The molecule has 0 saturated heterocycles. The van der Waals surface area contributed by atoms with E-state index in [4.69, 9.17) is 4.42 Å². The van der Waals surface area contributed by atoms with Gasteiger partial charge in [0.25, 0.3) is 0 Å². The fraction of sp³-hybridized carbons (Fsp3) is 0.450. The molecule has 1 atom stereocenters. The molecule has 0 saturated carbocycles. The van der Waals surface area contributed by atoms with Crippen molar-refractivity contribution in [3.63, 3.8) is 0 Å². The Balaban J connectivity index is 1.75. The molecule has 2 aromatic rings. The average Bonchev–Trinajstić information content (AvgIpc) is 3.05. The van der Waals surface area contributed by atoms with Crippen LogP contribution in [0.4, 0.5) is 0 Å². The molecule has 1 heterocycles. The Hall–Kier alpha value is -2.07. The van der Waals surface area contributed by atoms with Crippen molar-refractivity contribution in [2.45, 2.75) is 39.2 Å². The Labute approximate surface area is 144 Å². The molecule has 0 aliphatic rings. The van der Waals surface area contributed by atoms with E-state index in [0.717, 1.165) is 18.6 Å². The quantitative estimate of drug-likeness (QED) is 0.805. The number of amides is 1. The molecule has 4 heteroatoms. The maximum Gasteiger partial charge on any atom is 0.220 e. The molecule has 0 aliphatic carbocycles. The zero-order valence-electron chi connectivity index (χ0n) is 15.1. The predicted molar refractivity (Wildman–Crippen MR) is 97.0 cm³/mol. The number of likely N-dealkylation sites (N-methyl/N-ethyl adjacent to an activating group) is 1. The third-order valence-corrected chi connectivity index (χ3v) is 4.43. The molecule has 24 heavy (non-hydrogen) atoms. The fourth-order valence-corrected chi connectivity index (χ4v) is 2.73. The topological polar surface area (TPSA) is 45.5 Å². The van der Waals surface area contributed by atoms with Crippen LogP contribution < -0.4 is 5.32 Å². The highest BCUT2D eigenvalue weighted by molar-refractivity contribution is 5.75. The van der Waals surface area contributed by atoms with Crippen molar-refractivity contribution in [3.8, 4) is 0 Å². The van der Waals surface area contributed by atoms with E-state index in [0.29, 0.717) is 13.0 Å². The summed E-state index contributed by atoms with van der Waals surface area (Å²) in [5, 5.41) is 3.02. The van der Waals surface area contributed by atoms with Crippen molar-refractivity contribution >= 4 is 5.91 Å². The van der Waals surface area contributed by atoms with Gasteiger partial charge in [-0.1, -0.05) is 18.2 Å². The Morgan fingerprint density at radius 2 is 2.00 bits per heavy atom. The Bertz CT molecular complexity index is 648. The van der Waals surface area contributed by atoms with Crippen molar-refractivity contribution in [3.05, 3.63) is 59.0 Å². The SMILES string of the molecule is Cc1ccc(CCCC(=O)NCC(c2ccco2)N(C)C)cc1C. The van der Waals surface area contributed by atoms with E-state index in [2.05, 4.69) is 37.4 Å². The van der Waals surface area contributed by atoms with Gasteiger partial charge >= 0.3 is 0 Å². The van der Waals surface area contributed by atoms with Crippen LogP contribution in [0.15, 0.2) is 41.0 Å². The number of furan rings is 1. The largest absolute Gasteiger partial charge is 0.468 e. The number of benzene rings is 1. The van der Waals surface area contributed by atoms with Crippen molar-refractivity contribution in [2.24, 2.45) is 0 Å². The zero-order chi connectivity index (χ0) is 17.5. The molecule has 1 amide bonds. The van der Waals surface area contributed by atoms with Crippen LogP contribution in [0.5, 0.6) is 0 Å². The molecule has 0 radical (unpaired) electrons. The normalized spacial score (nSPS) is 12.4. The summed E-state index contributed by atoms with van der Waals surface area (Å²) in [6, 6.07) is 10.4. The lowest BCUT2D eigenvalue weighted by Crippen LogP contribution is -2.34. The minimum Gasteiger partial charge on any atom is -0.468 e. The van der Waals surface area contributed by atoms with Gasteiger partial charge in [0, 0.05) is 13.0 Å². The first-order valence-corrected chi connectivity index (χ1v) is 8.50. The Morgan fingerprint density at radius 1 is 1.21 bits per heavy atom. The Kier molecular flexibility index (Phi) is 6.62. The lowest BCUT2D eigenvalue weighted by Gasteiger charge is -2.22. The van der Waals surface area contributed by atoms with E-state index < -0.39 is 0 Å². The average molecular weight is 328 g/mol. The minimum atomic E-state index is 0.0590. The highest BCUT2D eigenvalue weighted by Crippen LogP contribution is 2.17.